The summed E-state index contributed by atoms with van der Waals surface area (Å²) in [6, 6.07) is 4.26. The van der Waals surface area contributed by atoms with Crippen LogP contribution in [0, 0.1) is 5.92 Å². The van der Waals surface area contributed by atoms with Gasteiger partial charge in [-0.1, -0.05) is 19.1 Å². The number of hydrogen-bond acceptors (Lipinski definition) is 6. The van der Waals surface area contributed by atoms with Crippen molar-refractivity contribution in [2.45, 2.75) is 38.3 Å². The molecule has 29 heavy (non-hydrogen) atoms. The van der Waals surface area contributed by atoms with Crippen molar-refractivity contribution in [2.24, 2.45) is 11.7 Å². The second-order valence-electron chi connectivity index (χ2n) is 6.80. The molecule has 2 N–H and O–H groups in total. The number of carbonyl (C=O) groups is 3. The molecule has 8 nitrogen and oxygen atoms in total. The Morgan fingerprint density at radius 3 is 2.59 bits per heavy atom. The van der Waals surface area contributed by atoms with Gasteiger partial charge in [0.15, 0.2) is 6.10 Å². The van der Waals surface area contributed by atoms with E-state index in [1.807, 2.05) is 6.92 Å². The van der Waals surface area contributed by atoms with Crippen LogP contribution in [0.4, 0.5) is 13.2 Å². The average molecular weight is 415 g/mol. The van der Waals surface area contributed by atoms with Gasteiger partial charge in [-0.3, -0.25) is 24.1 Å². The highest BCUT2D eigenvalue weighted by atomic mass is 19.4. The molecule has 0 aromatic heterocycles. The number of nitrogens with zero attached hydrogens (tertiary/aromatic N) is 2. The van der Waals surface area contributed by atoms with Crippen molar-refractivity contribution in [1.29, 1.82) is 0 Å². The van der Waals surface area contributed by atoms with Gasteiger partial charge in [0.2, 0.25) is 11.8 Å². The molecule has 2 fully saturated rings. The van der Waals surface area contributed by atoms with Crippen LogP contribution in [0.15, 0.2) is 24.3 Å². The van der Waals surface area contributed by atoms with Crippen molar-refractivity contribution in [3.63, 3.8) is 0 Å². The van der Waals surface area contributed by atoms with E-state index in [0.717, 1.165) is 17.0 Å². The summed E-state index contributed by atoms with van der Waals surface area (Å²) in [6.07, 6.45) is -5.53. The third-order valence-electron chi connectivity index (χ3n) is 4.75. The normalized spacial score (nSPS) is 24.8. The van der Waals surface area contributed by atoms with Crippen LogP contribution in [-0.2, 0) is 19.2 Å². The van der Waals surface area contributed by atoms with Crippen LogP contribution >= 0.6 is 0 Å². The minimum absolute atomic E-state index is 0.0221. The molecule has 1 aromatic carbocycles. The molecule has 3 unspecified atom stereocenters. The van der Waals surface area contributed by atoms with Crippen molar-refractivity contribution in [3.8, 4) is 5.75 Å². The van der Waals surface area contributed by atoms with Crippen LogP contribution in [0.25, 0.3) is 0 Å². The lowest BCUT2D eigenvalue weighted by molar-refractivity contribution is -0.274. The Bertz CT molecular complexity index is 816. The largest absolute Gasteiger partial charge is 0.573 e. The average Bonchev–Trinajstić information content (AvgIpc) is 3.10. The van der Waals surface area contributed by atoms with Gasteiger partial charge in [0, 0.05) is 19.5 Å². The van der Waals surface area contributed by atoms with E-state index in [0.29, 0.717) is 12.0 Å². The molecular weight excluding hydrogens is 395 g/mol. The molecule has 0 saturated carbocycles. The molecule has 2 saturated heterocycles. The monoisotopic (exact) mass is 415 g/mol. The predicted molar refractivity (Wildman–Crippen MR) is 91.8 cm³/mol. The summed E-state index contributed by atoms with van der Waals surface area (Å²) in [7, 11) is 0. The number of alkyl halides is 3. The fourth-order valence-corrected chi connectivity index (χ4v) is 3.65. The van der Waals surface area contributed by atoms with Crippen molar-refractivity contribution in [2.75, 3.05) is 13.1 Å². The molecule has 3 amide bonds. The van der Waals surface area contributed by atoms with Gasteiger partial charge in [-0.15, -0.1) is 13.2 Å². The summed E-state index contributed by atoms with van der Waals surface area (Å²) in [5.74, 6) is -2.99. The highest BCUT2D eigenvalue weighted by molar-refractivity contribution is 6.07. The zero-order valence-corrected chi connectivity index (χ0v) is 15.5. The van der Waals surface area contributed by atoms with E-state index in [1.54, 1.807) is 0 Å². The molecule has 0 aliphatic carbocycles. The first kappa shape index (κ1) is 21.1. The van der Waals surface area contributed by atoms with Gasteiger partial charge in [-0.05, 0) is 24.1 Å². The first-order valence-corrected chi connectivity index (χ1v) is 9.05. The number of fused-ring (bicyclic) bond motifs is 1. The number of imide groups is 1. The fraction of sp³-hybridized carbons (Fsp3) is 0.500. The van der Waals surface area contributed by atoms with E-state index in [4.69, 9.17) is 10.6 Å². The van der Waals surface area contributed by atoms with Crippen molar-refractivity contribution < 1.29 is 37.1 Å². The van der Waals surface area contributed by atoms with Crippen LogP contribution in [0.2, 0.25) is 0 Å². The van der Waals surface area contributed by atoms with Crippen molar-refractivity contribution in [3.05, 3.63) is 29.8 Å². The summed E-state index contributed by atoms with van der Waals surface area (Å²) in [5.41, 5.74) is 5.47. The fourth-order valence-electron chi connectivity index (χ4n) is 3.65. The van der Waals surface area contributed by atoms with E-state index in [1.165, 1.54) is 17.2 Å². The number of carbonyl (C=O) groups excluding carboxylic acids is 3. The smallest absolute Gasteiger partial charge is 0.406 e. The lowest BCUT2D eigenvalue weighted by Crippen LogP contribution is -2.38. The molecule has 2 heterocycles. The van der Waals surface area contributed by atoms with Gasteiger partial charge in [0.05, 0.1) is 12.0 Å². The zero-order chi connectivity index (χ0) is 21.3. The summed E-state index contributed by atoms with van der Waals surface area (Å²) in [4.78, 5) is 43.4. The van der Waals surface area contributed by atoms with Gasteiger partial charge in [0.1, 0.15) is 5.75 Å². The standard InChI is InChI=1S/C18H20F3N3O5/c1-2-7-23-16(26)13-14(10-4-3-5-11(9-10)28-18(19,20)21)24(8-6-12(22)25)29-15(13)17(23)27/h3-5,9,13-15H,2,6-8H2,1H3,(H2,22,25). The van der Waals surface area contributed by atoms with Crippen molar-refractivity contribution in [1.82, 2.24) is 9.96 Å². The van der Waals surface area contributed by atoms with E-state index in [2.05, 4.69) is 4.74 Å². The molecule has 0 spiro atoms. The molecule has 0 bridgehead atoms. The summed E-state index contributed by atoms with van der Waals surface area (Å²) in [5, 5.41) is 1.27. The zero-order valence-electron chi connectivity index (χ0n) is 15.5. The molecule has 3 rings (SSSR count). The van der Waals surface area contributed by atoms with Gasteiger partial charge >= 0.3 is 6.36 Å². The topological polar surface area (TPSA) is 102 Å². The van der Waals surface area contributed by atoms with Crippen LogP contribution in [-0.4, -0.2) is 53.2 Å². The van der Waals surface area contributed by atoms with E-state index in [9.17, 15) is 27.6 Å². The summed E-state index contributed by atoms with van der Waals surface area (Å²) >= 11 is 0. The van der Waals surface area contributed by atoms with Crippen LogP contribution in [0.1, 0.15) is 31.4 Å². The molecule has 2 aliphatic heterocycles. The van der Waals surface area contributed by atoms with E-state index >= 15 is 0 Å². The molecule has 0 radical (unpaired) electrons. The highest BCUT2D eigenvalue weighted by Gasteiger charge is 2.59. The van der Waals surface area contributed by atoms with E-state index in [-0.39, 0.29) is 19.5 Å². The Labute approximate surface area is 164 Å². The highest BCUT2D eigenvalue weighted by Crippen LogP contribution is 2.45. The number of hydrogen-bond donors (Lipinski definition) is 1. The molecule has 2 aliphatic rings. The molecule has 158 valence electrons. The summed E-state index contributed by atoms with van der Waals surface area (Å²) < 4.78 is 41.7. The second-order valence-corrected chi connectivity index (χ2v) is 6.80. The molecule has 3 atom stereocenters. The SMILES string of the molecule is CCCN1C(=O)C2ON(CCC(N)=O)C(c3cccc(OC(F)(F)F)c3)C2C1=O. The van der Waals surface area contributed by atoms with Crippen LogP contribution < -0.4 is 10.5 Å². The number of rotatable bonds is 7. The lowest BCUT2D eigenvalue weighted by Gasteiger charge is -2.27. The third kappa shape index (κ3) is 4.35. The van der Waals surface area contributed by atoms with E-state index < -0.39 is 47.9 Å². The van der Waals surface area contributed by atoms with Gasteiger partial charge < -0.3 is 10.5 Å². The maximum absolute atomic E-state index is 12.9. The van der Waals surface area contributed by atoms with Gasteiger partial charge in [-0.25, -0.2) is 0 Å². The minimum atomic E-state index is -4.88. The number of nitrogens with two attached hydrogens (primary N) is 1. The number of halogens is 3. The Morgan fingerprint density at radius 2 is 1.97 bits per heavy atom. The van der Waals surface area contributed by atoms with Gasteiger partial charge in [0.25, 0.3) is 5.91 Å². The Balaban J connectivity index is 1.95. The third-order valence-corrected chi connectivity index (χ3v) is 4.75. The lowest BCUT2D eigenvalue weighted by atomic mass is 9.90. The van der Waals surface area contributed by atoms with Gasteiger partial charge in [-0.2, -0.15) is 5.06 Å². The second kappa shape index (κ2) is 7.99. The number of ether oxygens (including phenoxy) is 1. The predicted octanol–water partition coefficient (Wildman–Crippen LogP) is 1.51. The Morgan fingerprint density at radius 1 is 1.24 bits per heavy atom. The number of primary amides is 1. The number of hydroxylamine groups is 2. The molecule has 11 heteroatoms. The maximum Gasteiger partial charge on any atom is 0.573 e. The van der Waals surface area contributed by atoms with Crippen LogP contribution in [0.3, 0.4) is 0 Å². The first-order chi connectivity index (χ1) is 13.6. The quantitative estimate of drug-likeness (QED) is 0.678. The molecule has 1 aromatic rings. The number of likely N-dealkylation sites (tertiary alicyclic amines) is 1. The first-order valence-electron chi connectivity index (χ1n) is 9.05. The Hall–Kier alpha value is -2.66. The maximum atomic E-state index is 12.9. The minimum Gasteiger partial charge on any atom is -0.406 e. The summed E-state index contributed by atoms with van der Waals surface area (Å²) in [6.45, 7) is 2.01. The Kier molecular flexibility index (Phi) is 5.80. The van der Waals surface area contributed by atoms with Crippen LogP contribution in [0.5, 0.6) is 5.75 Å². The van der Waals surface area contributed by atoms with Crippen molar-refractivity contribution >= 4 is 17.7 Å². The number of benzene rings is 1. The number of amides is 3. The molecular formula is C18H20F3N3O5.